The Morgan fingerprint density at radius 2 is 0.955 bits per heavy atom. The molecule has 1 aliphatic heterocycles. The molecule has 1 aromatic heterocycles. The molecule has 0 N–H and O–H groups in total. The van der Waals surface area contributed by atoms with Crippen molar-refractivity contribution in [1.29, 1.82) is 0 Å². The van der Waals surface area contributed by atoms with E-state index >= 15 is 0 Å². The van der Waals surface area contributed by atoms with Gasteiger partial charge in [-0.1, -0.05) is 91.0 Å². The molecule has 2 heterocycles. The Morgan fingerprint density at radius 1 is 0.409 bits per heavy atom. The zero-order chi connectivity index (χ0) is 29.0. The van der Waals surface area contributed by atoms with Gasteiger partial charge >= 0.3 is 0 Å². The van der Waals surface area contributed by atoms with Gasteiger partial charge in [0.1, 0.15) is 0 Å². The van der Waals surface area contributed by atoms with Crippen molar-refractivity contribution in [3.05, 3.63) is 152 Å². The fourth-order valence-electron chi connectivity index (χ4n) is 6.48. The first kappa shape index (κ1) is 24.6. The molecule has 0 radical (unpaired) electrons. The second-order valence-corrected chi connectivity index (χ2v) is 11.1. The maximum absolute atomic E-state index is 6.29. The number of hydrogen-bond donors (Lipinski definition) is 0. The van der Waals surface area contributed by atoms with Crippen LogP contribution in [0.2, 0.25) is 0 Å². The predicted octanol–water partition coefficient (Wildman–Crippen LogP) is 10.8. The zero-order valence-corrected chi connectivity index (χ0v) is 23.7. The van der Waals surface area contributed by atoms with Crippen LogP contribution in [0.15, 0.2) is 152 Å². The van der Waals surface area contributed by atoms with E-state index in [1.54, 1.807) is 12.4 Å². The molecule has 0 spiro atoms. The van der Waals surface area contributed by atoms with Crippen molar-refractivity contribution < 1.29 is 4.74 Å². The van der Waals surface area contributed by atoms with E-state index in [4.69, 9.17) is 14.7 Å². The van der Waals surface area contributed by atoms with Crippen molar-refractivity contribution in [3.63, 3.8) is 0 Å². The fourth-order valence-corrected chi connectivity index (χ4v) is 6.48. The lowest BCUT2D eigenvalue weighted by Crippen LogP contribution is -2.15. The molecule has 0 amide bonds. The SMILES string of the molecule is c1ccc(-c2cccc(-c3ccc4c(c3)c3cc(N5c6ccccc6Oc6ccccc65)ccc3c3nccnc43)c2)cc1. The van der Waals surface area contributed by atoms with Gasteiger partial charge in [-0.15, -0.1) is 0 Å². The van der Waals surface area contributed by atoms with Gasteiger partial charge in [0, 0.05) is 28.9 Å². The third-order valence-electron chi connectivity index (χ3n) is 8.51. The van der Waals surface area contributed by atoms with Crippen LogP contribution < -0.4 is 9.64 Å². The van der Waals surface area contributed by atoms with Gasteiger partial charge in [-0.2, -0.15) is 0 Å². The van der Waals surface area contributed by atoms with Gasteiger partial charge in [-0.05, 0) is 81.6 Å². The van der Waals surface area contributed by atoms with Gasteiger partial charge < -0.3 is 9.64 Å². The van der Waals surface area contributed by atoms with E-state index in [9.17, 15) is 0 Å². The molecule has 8 aromatic rings. The van der Waals surface area contributed by atoms with E-state index in [0.717, 1.165) is 66.7 Å². The summed E-state index contributed by atoms with van der Waals surface area (Å²) in [6.45, 7) is 0. The summed E-state index contributed by atoms with van der Waals surface area (Å²) in [7, 11) is 0. The van der Waals surface area contributed by atoms with Gasteiger partial charge in [0.2, 0.25) is 0 Å². The Hall–Kier alpha value is -6.00. The van der Waals surface area contributed by atoms with Gasteiger partial charge in [0.25, 0.3) is 0 Å². The number of benzene rings is 7. The quantitative estimate of drug-likeness (QED) is 0.200. The third kappa shape index (κ3) is 3.85. The molecule has 0 atom stereocenters. The summed E-state index contributed by atoms with van der Waals surface area (Å²) in [6.07, 6.45) is 3.56. The molecular weight excluding hydrogens is 538 g/mol. The van der Waals surface area contributed by atoms with Crippen LogP contribution in [0, 0.1) is 0 Å². The lowest BCUT2D eigenvalue weighted by atomic mass is 9.93. The lowest BCUT2D eigenvalue weighted by Gasteiger charge is -2.33. The van der Waals surface area contributed by atoms with Gasteiger partial charge in [-0.3, -0.25) is 9.97 Å². The molecule has 206 valence electrons. The van der Waals surface area contributed by atoms with Crippen LogP contribution in [-0.2, 0) is 0 Å². The molecule has 4 heteroatoms. The fraction of sp³-hybridized carbons (Fsp3) is 0. The summed E-state index contributed by atoms with van der Waals surface area (Å²) in [6, 6.07) is 49.0. The Labute approximate surface area is 254 Å². The minimum atomic E-state index is 0.834. The summed E-state index contributed by atoms with van der Waals surface area (Å²) >= 11 is 0. The van der Waals surface area contributed by atoms with E-state index in [-0.39, 0.29) is 0 Å². The minimum Gasteiger partial charge on any atom is -0.453 e. The number of ether oxygens (including phenoxy) is 1. The van der Waals surface area contributed by atoms with E-state index in [1.807, 2.05) is 24.3 Å². The standard InChI is InChI=1S/C40H25N3O/c1-2-9-26(10-3-1)27-11-8-12-28(23-27)29-17-19-31-33(24-29)34-25-30(18-20-32(34)40-39(31)41-21-22-42-40)43-35-13-4-6-15-37(35)44-38-16-7-5-14-36(38)43/h1-25H. The zero-order valence-electron chi connectivity index (χ0n) is 23.7. The second-order valence-electron chi connectivity index (χ2n) is 11.1. The highest BCUT2D eigenvalue weighted by atomic mass is 16.5. The Bertz CT molecular complexity index is 2340. The molecule has 9 rings (SSSR count). The Morgan fingerprint density at radius 3 is 1.66 bits per heavy atom. The summed E-state index contributed by atoms with van der Waals surface area (Å²) in [5, 5.41) is 4.44. The van der Waals surface area contributed by atoms with Crippen molar-refractivity contribution in [2.45, 2.75) is 0 Å². The number of rotatable bonds is 3. The molecule has 1 aliphatic rings. The first-order chi connectivity index (χ1) is 21.8. The van der Waals surface area contributed by atoms with Crippen LogP contribution in [-0.4, -0.2) is 9.97 Å². The number of para-hydroxylation sites is 4. The lowest BCUT2D eigenvalue weighted by molar-refractivity contribution is 0.477. The number of fused-ring (bicyclic) bond motifs is 8. The van der Waals surface area contributed by atoms with Crippen molar-refractivity contribution >= 4 is 49.6 Å². The van der Waals surface area contributed by atoms with Crippen molar-refractivity contribution in [1.82, 2.24) is 9.97 Å². The minimum absolute atomic E-state index is 0.834. The van der Waals surface area contributed by atoms with Crippen molar-refractivity contribution in [3.8, 4) is 33.8 Å². The van der Waals surface area contributed by atoms with Gasteiger partial charge in [0.15, 0.2) is 11.5 Å². The Kier molecular flexibility index (Phi) is 5.47. The maximum atomic E-state index is 6.29. The molecule has 44 heavy (non-hydrogen) atoms. The molecule has 0 aliphatic carbocycles. The molecule has 0 unspecified atom stereocenters. The number of nitrogens with zero attached hydrogens (tertiary/aromatic N) is 3. The predicted molar refractivity (Wildman–Crippen MR) is 180 cm³/mol. The van der Waals surface area contributed by atoms with E-state index in [2.05, 4.69) is 120 Å². The first-order valence-corrected chi connectivity index (χ1v) is 14.7. The molecule has 0 bridgehead atoms. The van der Waals surface area contributed by atoms with Crippen LogP contribution in [0.4, 0.5) is 17.1 Å². The molecule has 0 saturated carbocycles. The summed E-state index contributed by atoms with van der Waals surface area (Å²) in [5.41, 5.74) is 9.63. The normalized spacial score (nSPS) is 12.2. The molecule has 0 saturated heterocycles. The summed E-state index contributed by atoms with van der Waals surface area (Å²) < 4.78 is 6.29. The molecular formula is C40H25N3O. The van der Waals surface area contributed by atoms with Crippen LogP contribution in [0.25, 0.3) is 54.8 Å². The van der Waals surface area contributed by atoms with Crippen LogP contribution >= 0.6 is 0 Å². The van der Waals surface area contributed by atoms with E-state index in [0.29, 0.717) is 0 Å². The number of aromatic nitrogens is 2. The molecule has 0 fully saturated rings. The summed E-state index contributed by atoms with van der Waals surface area (Å²) in [5.74, 6) is 1.67. The Balaban J connectivity index is 1.29. The highest BCUT2D eigenvalue weighted by Gasteiger charge is 2.26. The van der Waals surface area contributed by atoms with E-state index in [1.165, 1.54) is 16.7 Å². The highest BCUT2D eigenvalue weighted by Crippen LogP contribution is 2.51. The topological polar surface area (TPSA) is 38.2 Å². The van der Waals surface area contributed by atoms with Gasteiger partial charge in [-0.25, -0.2) is 0 Å². The molecule has 7 aromatic carbocycles. The summed E-state index contributed by atoms with van der Waals surface area (Å²) in [4.78, 5) is 11.9. The second kappa shape index (κ2) is 9.79. The van der Waals surface area contributed by atoms with E-state index < -0.39 is 0 Å². The van der Waals surface area contributed by atoms with Crippen LogP contribution in [0.5, 0.6) is 11.5 Å². The van der Waals surface area contributed by atoms with Crippen LogP contribution in [0.3, 0.4) is 0 Å². The maximum Gasteiger partial charge on any atom is 0.151 e. The largest absolute Gasteiger partial charge is 0.453 e. The highest BCUT2D eigenvalue weighted by molar-refractivity contribution is 6.24. The smallest absolute Gasteiger partial charge is 0.151 e. The van der Waals surface area contributed by atoms with Crippen molar-refractivity contribution in [2.75, 3.05) is 4.90 Å². The molecule has 4 nitrogen and oxygen atoms in total. The number of anilines is 3. The number of hydrogen-bond acceptors (Lipinski definition) is 4. The van der Waals surface area contributed by atoms with Gasteiger partial charge in [0.05, 0.1) is 22.4 Å². The monoisotopic (exact) mass is 563 g/mol. The average molecular weight is 564 g/mol. The van der Waals surface area contributed by atoms with Crippen molar-refractivity contribution in [2.24, 2.45) is 0 Å². The first-order valence-electron chi connectivity index (χ1n) is 14.7. The average Bonchev–Trinajstić information content (AvgIpc) is 3.10. The third-order valence-corrected chi connectivity index (χ3v) is 8.51. The van der Waals surface area contributed by atoms with Crippen LogP contribution in [0.1, 0.15) is 0 Å².